The van der Waals surface area contributed by atoms with Gasteiger partial charge in [-0.2, -0.15) is 4.98 Å². The van der Waals surface area contributed by atoms with Gasteiger partial charge in [-0.1, -0.05) is 98.0 Å². The Bertz CT molecular complexity index is 4880. The Morgan fingerprint density at radius 2 is 0.887 bits per heavy atom. The second-order valence-electron chi connectivity index (χ2n) is 34.1. The van der Waals surface area contributed by atoms with Gasteiger partial charge in [-0.3, -0.25) is 39.0 Å². The average Bonchev–Trinajstić information content (AvgIpc) is 1.79. The number of nitrogens with one attached hydrogen (secondary N) is 7. The maximum atomic E-state index is 12.8. The van der Waals surface area contributed by atoms with Crippen molar-refractivity contribution in [3.8, 4) is 0 Å². The van der Waals surface area contributed by atoms with E-state index in [9.17, 15) is 19.2 Å². The van der Waals surface area contributed by atoms with Crippen LogP contribution in [0, 0.1) is 11.8 Å². The molecule has 0 aliphatic carbocycles. The number of carbonyl (C=O) groups is 4. The molecule has 5 unspecified atom stereocenters. The molecule has 4 fully saturated rings. The van der Waals surface area contributed by atoms with Gasteiger partial charge in [0, 0.05) is 195 Å². The number of amides is 2. The lowest BCUT2D eigenvalue weighted by molar-refractivity contribution is 0.0904. The van der Waals surface area contributed by atoms with Gasteiger partial charge in [-0.25, -0.2) is 9.97 Å². The van der Waals surface area contributed by atoms with E-state index in [1.54, 1.807) is 0 Å². The third kappa shape index (κ3) is 20.1. The van der Waals surface area contributed by atoms with E-state index in [1.165, 1.54) is 67.5 Å². The number of fused-ring (bicyclic) bond motifs is 4. The van der Waals surface area contributed by atoms with E-state index in [1.807, 2.05) is 74.9 Å². The van der Waals surface area contributed by atoms with E-state index in [0.717, 1.165) is 131 Å². The summed E-state index contributed by atoms with van der Waals surface area (Å²) in [5, 5.41) is 28.0. The third-order valence-electron chi connectivity index (χ3n) is 23.5. The molecule has 4 aliphatic rings. The maximum Gasteiger partial charge on any atom is 0.298 e. The quantitative estimate of drug-likeness (QED) is 0.0310. The van der Waals surface area contributed by atoms with Crippen molar-refractivity contribution in [2.24, 2.45) is 11.8 Å². The molecule has 0 saturated carbocycles. The molecule has 610 valence electrons. The highest BCUT2D eigenvalue weighted by Crippen LogP contribution is 2.32. The Labute approximate surface area is 677 Å². The molecule has 5 atom stereocenters. The monoisotopic (exact) mass is 1580 g/mol. The number of hydrogen-bond donors (Lipinski definition) is 7. The van der Waals surface area contributed by atoms with E-state index in [4.69, 9.17) is 8.83 Å². The number of hydrogen-bond acceptors (Lipinski definition) is 21. The predicted octanol–water partition coefficient (Wildman–Crippen LogP) is 13.0. The number of H-pyrrole nitrogens is 5. The van der Waals surface area contributed by atoms with Gasteiger partial charge in [-0.15, -0.1) is 15.3 Å². The van der Waals surface area contributed by atoms with Crippen molar-refractivity contribution in [1.82, 2.24) is 85.5 Å². The molecule has 0 spiro atoms. The van der Waals surface area contributed by atoms with Gasteiger partial charge in [0.25, 0.3) is 23.8 Å². The summed E-state index contributed by atoms with van der Waals surface area (Å²) in [6.45, 7) is 34.4. The molecule has 12 aromatic rings. The van der Waals surface area contributed by atoms with Crippen molar-refractivity contribution in [3.63, 3.8) is 0 Å². The normalized spacial score (nSPS) is 18.4. The zero-order chi connectivity index (χ0) is 81.5. The summed E-state index contributed by atoms with van der Waals surface area (Å²) < 4.78 is 11.6. The summed E-state index contributed by atoms with van der Waals surface area (Å²) in [6.07, 6.45) is 15.3. The molecule has 8 aromatic heterocycles. The van der Waals surface area contributed by atoms with Crippen molar-refractivity contribution in [2.75, 3.05) is 126 Å². The molecule has 4 aliphatic heterocycles. The third-order valence-corrected chi connectivity index (χ3v) is 24.6. The smallest absolute Gasteiger partial charge is 0.298 e. The number of Topliss-reactive ketones (excluding diaryl/α,β-unsaturated/α-hetero) is 2. The van der Waals surface area contributed by atoms with Gasteiger partial charge in [0.15, 0.2) is 22.4 Å². The molecule has 115 heavy (non-hydrogen) atoms. The van der Waals surface area contributed by atoms with Crippen molar-refractivity contribution in [3.05, 3.63) is 179 Å². The highest BCUT2D eigenvalue weighted by molar-refractivity contribution is 7.17. The van der Waals surface area contributed by atoms with Gasteiger partial charge < -0.3 is 63.9 Å². The van der Waals surface area contributed by atoms with Crippen LogP contribution >= 0.6 is 11.3 Å². The van der Waals surface area contributed by atoms with Gasteiger partial charge in [-0.05, 0) is 175 Å². The SMILES string of the molecule is CC(CC(=O)c1nc(N2CCN(C)C(C)(C)C2)n[nH]1)Cc1c[nH]c2ccccc12.CC(CC(=O)c1nnc(N2CCN(C)C(C)(C)C2)s1)Cc1c[nH]c2ccccc12.CC(Cc1c[nH]c2ccccc12)NC(=O)c1cnc(N2CCN(C)C(C)(C)C2)o1.CC(Cc1c[nH]c2ccccc12)NC(=O)c1cnc(N2CCN(C)C(C)C2)o1. The van der Waals surface area contributed by atoms with Crippen molar-refractivity contribution < 1.29 is 28.0 Å². The van der Waals surface area contributed by atoms with E-state index in [0.29, 0.717) is 47.7 Å². The van der Waals surface area contributed by atoms with E-state index < -0.39 is 0 Å². The molecule has 16 rings (SSSR count). The lowest BCUT2D eigenvalue weighted by Crippen LogP contribution is -2.58. The molecule has 28 heteroatoms. The number of aromatic nitrogens is 11. The standard InChI is InChI=1S/C22H30N6O.C22H29N5O2.C22H29N5OS.C21H27N5O2/c1-15(11-16-13-23-18-8-6-5-7-17(16)18)12-19(29)20-24-21(26-25-20)28-10-9-27(4)22(2,3)14-28;1-15(11-16-12-23-18-8-6-5-7-17(16)18)25-20(28)19-13-24-21(29-19)27-10-9-26(4)22(2,3)14-27;1-15(11-16-13-23-18-8-6-5-7-17(16)18)12-19(28)20-24-25-21(29-20)27-10-9-26(4)22(2,3)14-27;1-14(10-16-11-22-18-7-5-4-6-17(16)18)24-20(27)19-12-23-21(28-19)26-9-8-25(3)15(2)13-26/h5-8,13,15,23H,9-12,14H2,1-4H3,(H,24,25,26);5-8,12-13,15,23H,9-11,14H2,1-4H3,(H,25,28);5-8,13,15,23H,9-12,14H2,1-4H3;4-7,11-12,14-15,22H,8-10,13H2,1-3H3,(H,24,27). The molecule has 0 radical (unpaired) electrons. The first-order chi connectivity index (χ1) is 55.0. The summed E-state index contributed by atoms with van der Waals surface area (Å²) in [6, 6.07) is 34.3. The summed E-state index contributed by atoms with van der Waals surface area (Å²) in [4.78, 5) is 95.1. The lowest BCUT2D eigenvalue weighted by Gasteiger charge is -2.45. The molecule has 4 aromatic carbocycles. The number of anilines is 4. The van der Waals surface area contributed by atoms with Crippen LogP contribution in [-0.4, -0.2) is 240 Å². The Morgan fingerprint density at radius 3 is 1.34 bits per heavy atom. The van der Waals surface area contributed by atoms with Crippen LogP contribution in [0.2, 0.25) is 0 Å². The number of piperazine rings is 4. The summed E-state index contributed by atoms with van der Waals surface area (Å²) in [5.74, 6) is 1.61. The van der Waals surface area contributed by atoms with Crippen LogP contribution < -0.4 is 30.2 Å². The number of oxazole rings is 2. The second-order valence-corrected chi connectivity index (χ2v) is 35.1. The number of carbonyl (C=O) groups excluding carboxylic acids is 4. The average molecular weight is 1580 g/mol. The fraction of sp³-hybridized carbons (Fsp3) is 0.471. The first-order valence-electron chi connectivity index (χ1n) is 40.4. The Balaban J connectivity index is 0.000000134. The molecule has 27 nitrogen and oxygen atoms in total. The van der Waals surface area contributed by atoms with Crippen LogP contribution in [0.5, 0.6) is 0 Å². The first-order valence-corrected chi connectivity index (χ1v) is 41.2. The fourth-order valence-electron chi connectivity index (χ4n) is 15.7. The molecule has 2 amide bonds. The molecular formula is C87H115N21O6S. The van der Waals surface area contributed by atoms with Crippen LogP contribution in [0.1, 0.15) is 153 Å². The minimum absolute atomic E-state index is 0.0180. The Kier molecular flexibility index (Phi) is 25.6. The summed E-state index contributed by atoms with van der Waals surface area (Å²) in [7, 11) is 8.53. The molecule has 12 heterocycles. The minimum Gasteiger partial charge on any atom is -0.418 e. The zero-order valence-electron chi connectivity index (χ0n) is 69.4. The molecule has 4 saturated heterocycles. The fourth-order valence-corrected chi connectivity index (χ4v) is 16.5. The van der Waals surface area contributed by atoms with E-state index >= 15 is 0 Å². The van der Waals surface area contributed by atoms with Crippen LogP contribution in [0.4, 0.5) is 23.1 Å². The topological polar surface area (TPSA) is 301 Å². The van der Waals surface area contributed by atoms with Crippen molar-refractivity contribution in [1.29, 1.82) is 0 Å². The number of aromatic amines is 5. The number of likely N-dealkylation sites (N-methyl/N-ethyl adjacent to an activating group) is 4. The van der Waals surface area contributed by atoms with Crippen LogP contribution in [0.25, 0.3) is 43.6 Å². The molecule has 7 N–H and O–H groups in total. The second kappa shape index (κ2) is 35.7. The van der Waals surface area contributed by atoms with Gasteiger partial charge in [0.05, 0.1) is 12.4 Å². The number of rotatable bonds is 22. The minimum atomic E-state index is -0.232. The van der Waals surface area contributed by atoms with Crippen molar-refractivity contribution >= 4 is 101 Å². The first kappa shape index (κ1) is 82.5. The number of benzene rings is 4. The summed E-state index contributed by atoms with van der Waals surface area (Å²) in [5.41, 5.74) is 9.55. The highest BCUT2D eigenvalue weighted by Gasteiger charge is 2.37. The molecular weight excluding hydrogens is 1470 g/mol. The Morgan fingerprint density at radius 1 is 0.496 bits per heavy atom. The van der Waals surface area contributed by atoms with Gasteiger partial charge in [0.1, 0.15) is 0 Å². The van der Waals surface area contributed by atoms with Crippen LogP contribution in [0.3, 0.4) is 0 Å². The maximum absolute atomic E-state index is 12.8. The predicted molar refractivity (Wildman–Crippen MR) is 458 cm³/mol. The van der Waals surface area contributed by atoms with Crippen molar-refractivity contribution in [2.45, 2.75) is 149 Å². The van der Waals surface area contributed by atoms with Gasteiger partial charge in [0.2, 0.25) is 22.6 Å². The summed E-state index contributed by atoms with van der Waals surface area (Å²) >= 11 is 1.43. The van der Waals surface area contributed by atoms with Gasteiger partial charge >= 0.3 is 0 Å². The largest absolute Gasteiger partial charge is 0.418 e. The number of para-hydroxylation sites is 4. The van der Waals surface area contributed by atoms with E-state index in [-0.39, 0.29) is 75.4 Å². The Hall–Kier alpha value is -10.5. The number of ketones is 2. The number of nitrogens with zero attached hydrogens (tertiary/aromatic N) is 14. The zero-order valence-corrected chi connectivity index (χ0v) is 70.3. The highest BCUT2D eigenvalue weighted by atomic mass is 32.1. The van der Waals surface area contributed by atoms with Crippen LogP contribution in [0.15, 0.2) is 143 Å². The lowest BCUT2D eigenvalue weighted by atomic mass is 9.95. The molecule has 0 bridgehead atoms. The van der Waals surface area contributed by atoms with E-state index in [2.05, 4.69) is 256 Å². The van der Waals surface area contributed by atoms with Crippen LogP contribution in [-0.2, 0) is 25.7 Å².